The Kier molecular flexibility index (Phi) is 3.97. The Balaban J connectivity index is 2.05. The minimum absolute atomic E-state index is 0.371. The van der Waals surface area contributed by atoms with Crippen molar-refractivity contribution in [2.45, 2.75) is 6.92 Å². The van der Waals surface area contributed by atoms with E-state index in [4.69, 9.17) is 9.47 Å². The molecule has 0 spiro atoms. The molecule has 0 radical (unpaired) electrons. The molecule has 0 atom stereocenters. The van der Waals surface area contributed by atoms with Gasteiger partial charge < -0.3 is 9.47 Å². The van der Waals surface area contributed by atoms with Crippen LogP contribution in [0.4, 0.5) is 0 Å². The van der Waals surface area contributed by atoms with Gasteiger partial charge in [0.05, 0.1) is 12.2 Å². The third-order valence-corrected chi connectivity index (χ3v) is 2.35. The normalized spacial score (nSPS) is 9.83. The molecule has 18 heavy (non-hydrogen) atoms. The molecule has 0 heterocycles. The third-order valence-electron chi connectivity index (χ3n) is 2.35. The molecule has 0 aromatic heterocycles. The lowest BCUT2D eigenvalue weighted by Crippen LogP contribution is -2.08. The van der Waals surface area contributed by atoms with Crippen LogP contribution in [0.2, 0.25) is 0 Å². The summed E-state index contributed by atoms with van der Waals surface area (Å²) in [5.74, 6) is 0.911. The molecule has 3 nitrogen and oxygen atoms in total. The van der Waals surface area contributed by atoms with E-state index in [1.165, 1.54) is 0 Å². The molecule has 0 saturated heterocycles. The molecule has 0 saturated carbocycles. The fourth-order valence-corrected chi connectivity index (χ4v) is 1.51. The number of rotatable bonds is 4. The summed E-state index contributed by atoms with van der Waals surface area (Å²) in [5, 5.41) is 0. The molecular weight excluding hydrogens is 228 g/mol. The van der Waals surface area contributed by atoms with Crippen LogP contribution in [0.1, 0.15) is 17.3 Å². The Hall–Kier alpha value is -2.29. The van der Waals surface area contributed by atoms with E-state index in [0.717, 1.165) is 5.75 Å². The molecule has 0 amide bonds. The predicted octanol–water partition coefficient (Wildman–Crippen LogP) is 3.30. The smallest absolute Gasteiger partial charge is 0.343 e. The Labute approximate surface area is 106 Å². The maximum atomic E-state index is 11.8. The topological polar surface area (TPSA) is 35.5 Å². The van der Waals surface area contributed by atoms with E-state index in [0.29, 0.717) is 17.9 Å². The molecule has 0 unspecified atom stereocenters. The number of ether oxygens (including phenoxy) is 2. The highest BCUT2D eigenvalue weighted by Crippen LogP contribution is 2.15. The van der Waals surface area contributed by atoms with Crippen LogP contribution in [0.3, 0.4) is 0 Å². The first-order chi connectivity index (χ1) is 8.79. The first-order valence-corrected chi connectivity index (χ1v) is 5.79. The van der Waals surface area contributed by atoms with Gasteiger partial charge in [-0.3, -0.25) is 0 Å². The summed E-state index contributed by atoms with van der Waals surface area (Å²) < 4.78 is 10.5. The Morgan fingerprint density at radius 3 is 2.22 bits per heavy atom. The molecule has 2 rings (SSSR count). The van der Waals surface area contributed by atoms with E-state index in [1.54, 1.807) is 36.4 Å². The summed E-state index contributed by atoms with van der Waals surface area (Å²) in [5.41, 5.74) is 0.502. The van der Waals surface area contributed by atoms with Gasteiger partial charge in [-0.05, 0) is 43.3 Å². The van der Waals surface area contributed by atoms with Crippen LogP contribution in [0.5, 0.6) is 11.5 Å². The van der Waals surface area contributed by atoms with Crippen molar-refractivity contribution in [1.82, 2.24) is 0 Å². The second-order valence-electron chi connectivity index (χ2n) is 3.66. The van der Waals surface area contributed by atoms with E-state index < -0.39 is 0 Å². The van der Waals surface area contributed by atoms with E-state index in [-0.39, 0.29) is 5.97 Å². The van der Waals surface area contributed by atoms with Gasteiger partial charge in [0.2, 0.25) is 0 Å². The summed E-state index contributed by atoms with van der Waals surface area (Å²) in [6, 6.07) is 15.9. The van der Waals surface area contributed by atoms with Gasteiger partial charge in [0, 0.05) is 0 Å². The average Bonchev–Trinajstić information content (AvgIpc) is 2.41. The van der Waals surface area contributed by atoms with Crippen LogP contribution in [0.15, 0.2) is 54.6 Å². The molecule has 0 N–H and O–H groups in total. The second-order valence-corrected chi connectivity index (χ2v) is 3.66. The fraction of sp³-hybridized carbons (Fsp3) is 0.133. The summed E-state index contributed by atoms with van der Waals surface area (Å²) in [6.07, 6.45) is 0. The maximum Gasteiger partial charge on any atom is 0.343 e. The van der Waals surface area contributed by atoms with Gasteiger partial charge in [-0.25, -0.2) is 4.79 Å². The van der Waals surface area contributed by atoms with Crippen LogP contribution in [0.25, 0.3) is 0 Å². The molecule has 0 aliphatic carbocycles. The molecular formula is C15H14O3. The number of hydrogen-bond donors (Lipinski definition) is 0. The fourth-order valence-electron chi connectivity index (χ4n) is 1.51. The average molecular weight is 242 g/mol. The van der Waals surface area contributed by atoms with Gasteiger partial charge in [0.15, 0.2) is 0 Å². The molecule has 0 aliphatic heterocycles. The lowest BCUT2D eigenvalue weighted by Gasteiger charge is -2.05. The molecule has 0 fully saturated rings. The maximum absolute atomic E-state index is 11.8. The van der Waals surface area contributed by atoms with Crippen LogP contribution < -0.4 is 9.47 Å². The number of carbonyl (C=O) groups is 1. The lowest BCUT2D eigenvalue weighted by atomic mass is 10.2. The number of benzene rings is 2. The zero-order valence-electron chi connectivity index (χ0n) is 10.1. The van der Waals surface area contributed by atoms with Crippen molar-refractivity contribution in [3.05, 3.63) is 60.2 Å². The monoisotopic (exact) mass is 242 g/mol. The van der Waals surface area contributed by atoms with E-state index >= 15 is 0 Å². The predicted molar refractivity (Wildman–Crippen MR) is 69.0 cm³/mol. The van der Waals surface area contributed by atoms with Gasteiger partial charge >= 0.3 is 5.97 Å². The number of carbonyl (C=O) groups excluding carboxylic acids is 1. The highest BCUT2D eigenvalue weighted by atomic mass is 16.5. The Morgan fingerprint density at radius 1 is 0.944 bits per heavy atom. The van der Waals surface area contributed by atoms with Gasteiger partial charge in [-0.15, -0.1) is 0 Å². The highest BCUT2D eigenvalue weighted by Gasteiger charge is 2.08. The van der Waals surface area contributed by atoms with Crippen molar-refractivity contribution < 1.29 is 14.3 Å². The Morgan fingerprint density at radius 2 is 1.61 bits per heavy atom. The minimum atomic E-state index is -0.371. The zero-order valence-corrected chi connectivity index (χ0v) is 10.1. The molecule has 2 aromatic carbocycles. The van der Waals surface area contributed by atoms with Crippen LogP contribution in [0, 0.1) is 0 Å². The molecule has 3 heteroatoms. The number of esters is 1. The standard InChI is InChI=1S/C15H14O3/c1-2-17-13-10-8-12(9-11-13)15(16)18-14-6-4-3-5-7-14/h3-11H,2H2,1H3. The molecule has 0 aliphatic rings. The SMILES string of the molecule is CCOc1ccc(C(=O)Oc2ccccc2)cc1. The van der Waals surface area contributed by atoms with Crippen molar-refractivity contribution in [1.29, 1.82) is 0 Å². The van der Waals surface area contributed by atoms with Crippen LogP contribution >= 0.6 is 0 Å². The first kappa shape index (κ1) is 12.2. The second kappa shape index (κ2) is 5.87. The molecule has 2 aromatic rings. The van der Waals surface area contributed by atoms with E-state index in [1.807, 2.05) is 25.1 Å². The summed E-state index contributed by atoms with van der Waals surface area (Å²) in [6.45, 7) is 2.52. The number of hydrogen-bond acceptors (Lipinski definition) is 3. The van der Waals surface area contributed by atoms with Crippen LogP contribution in [-0.2, 0) is 0 Å². The van der Waals surface area contributed by atoms with Crippen molar-refractivity contribution in [2.75, 3.05) is 6.61 Å². The van der Waals surface area contributed by atoms with Gasteiger partial charge in [0.1, 0.15) is 11.5 Å². The summed E-state index contributed by atoms with van der Waals surface area (Å²) in [7, 11) is 0. The van der Waals surface area contributed by atoms with Crippen LogP contribution in [-0.4, -0.2) is 12.6 Å². The van der Waals surface area contributed by atoms with E-state index in [2.05, 4.69) is 0 Å². The van der Waals surface area contributed by atoms with Crippen molar-refractivity contribution in [3.8, 4) is 11.5 Å². The van der Waals surface area contributed by atoms with Gasteiger partial charge in [-0.1, -0.05) is 18.2 Å². The van der Waals surface area contributed by atoms with Crippen molar-refractivity contribution in [2.24, 2.45) is 0 Å². The lowest BCUT2D eigenvalue weighted by molar-refractivity contribution is 0.0735. The van der Waals surface area contributed by atoms with E-state index in [9.17, 15) is 4.79 Å². The van der Waals surface area contributed by atoms with Gasteiger partial charge in [0.25, 0.3) is 0 Å². The van der Waals surface area contributed by atoms with Crippen molar-refractivity contribution in [3.63, 3.8) is 0 Å². The van der Waals surface area contributed by atoms with Crippen molar-refractivity contribution >= 4 is 5.97 Å². The first-order valence-electron chi connectivity index (χ1n) is 5.79. The zero-order chi connectivity index (χ0) is 12.8. The molecule has 92 valence electrons. The highest BCUT2D eigenvalue weighted by molar-refractivity contribution is 5.91. The summed E-state index contributed by atoms with van der Waals surface area (Å²) in [4.78, 5) is 11.8. The minimum Gasteiger partial charge on any atom is -0.494 e. The third kappa shape index (κ3) is 3.10. The molecule has 0 bridgehead atoms. The summed E-state index contributed by atoms with van der Waals surface area (Å²) >= 11 is 0. The Bertz CT molecular complexity index is 503. The van der Waals surface area contributed by atoms with Gasteiger partial charge in [-0.2, -0.15) is 0 Å². The quantitative estimate of drug-likeness (QED) is 0.609. The number of para-hydroxylation sites is 1. The largest absolute Gasteiger partial charge is 0.494 e.